The minimum atomic E-state index is -1.33. The molecule has 0 saturated carbocycles. The van der Waals surface area contributed by atoms with Gasteiger partial charge < -0.3 is 68.8 Å². The average Bonchev–Trinajstić information content (AvgIpc) is 2.20. The summed E-state index contributed by atoms with van der Waals surface area (Å²) in [5.41, 5.74) is 51.0. The maximum atomic E-state index is 9.00. The summed E-state index contributed by atoms with van der Waals surface area (Å²) in [6, 6.07) is -5.00. The summed E-state index contributed by atoms with van der Waals surface area (Å²) in [6.07, 6.45) is 0. The van der Waals surface area contributed by atoms with Crippen molar-refractivity contribution in [2.24, 2.45) is 68.8 Å². The number of nitrogens with two attached hydrogens (primary N) is 12. The fourth-order valence-electron chi connectivity index (χ4n) is 0. The third-order valence-corrected chi connectivity index (χ3v) is 0. The Morgan fingerprint density at radius 3 is 0.357 bits per heavy atom. The van der Waals surface area contributed by atoms with Gasteiger partial charge in [-0.3, -0.25) is 0 Å². The van der Waals surface area contributed by atoms with Crippen LogP contribution in [0.1, 0.15) is 0 Å². The molecule has 0 heterocycles. The van der Waals surface area contributed by atoms with Gasteiger partial charge in [-0.05, 0) is 0 Å². The molecule has 0 spiro atoms. The number of hydrogen-bond acceptors (Lipinski definition) is 6. The van der Waals surface area contributed by atoms with Crippen molar-refractivity contribution in [1.82, 2.24) is 0 Å². The minimum absolute atomic E-state index is 0.833. The zero-order valence-corrected chi connectivity index (χ0v) is 17.2. The van der Waals surface area contributed by atoms with E-state index in [9.17, 15) is 0 Å². The van der Waals surface area contributed by atoms with E-state index in [0.29, 0.717) is 0 Å². The van der Waals surface area contributed by atoms with Crippen LogP contribution in [0.25, 0.3) is 0 Å². The molecule has 0 aliphatic carbocycles. The van der Waals surface area contributed by atoms with Gasteiger partial charge in [-0.1, -0.05) is 0 Å². The van der Waals surface area contributed by atoms with Gasteiger partial charge in [0.2, 0.25) is 0 Å². The molecule has 24 N–H and O–H groups in total. The Labute approximate surface area is 175 Å². The van der Waals surface area contributed by atoms with E-state index in [-0.39, 0.29) is 0 Å². The summed E-state index contributed by atoms with van der Waals surface area (Å²) < 4.78 is 0. The van der Waals surface area contributed by atoms with E-state index in [4.69, 9.17) is 59.1 Å². The molecule has 173 valence electrons. The van der Waals surface area contributed by atoms with Crippen molar-refractivity contribution in [3.63, 3.8) is 0 Å². The molecule has 12 amide bonds. The van der Waals surface area contributed by atoms with E-state index in [0.717, 1.165) is 0 Å². The average molecular weight is 523 g/mol. The van der Waals surface area contributed by atoms with Gasteiger partial charge in [-0.25, -0.2) is 28.8 Å². The van der Waals surface area contributed by atoms with Crippen LogP contribution in [0, 0.1) is 0 Å². The number of primary amides is 12. The summed E-state index contributed by atoms with van der Waals surface area (Å²) in [6.45, 7) is 0. The van der Waals surface area contributed by atoms with Crippen LogP contribution in [-0.4, -0.2) is 36.2 Å². The molecular formula is C6H24Cl3FeN12O6. The van der Waals surface area contributed by atoms with Crippen LogP contribution in [0.5, 0.6) is 0 Å². The molecule has 0 aliphatic rings. The fraction of sp³-hybridized carbons (Fsp3) is 0. The third kappa shape index (κ3) is 1250. The molecule has 0 aromatic heterocycles. The zero-order valence-electron chi connectivity index (χ0n) is 13.9. The molecule has 0 aliphatic heterocycles. The molecule has 0 aromatic rings. The zero-order chi connectivity index (χ0) is 25.0. The SMILES string of the molecule is NC(N)=O.NC(N)=O.NC(N)=O.NC(N)=O.NC(N)=O.NC(N)=O.[Cl][Fe]([Cl])[Cl]. The number of carbonyl (C=O) groups is 6. The van der Waals surface area contributed by atoms with Crippen molar-refractivity contribution >= 4 is 66.5 Å². The van der Waals surface area contributed by atoms with E-state index in [1.54, 1.807) is 0 Å². The summed E-state index contributed by atoms with van der Waals surface area (Å²) >= 11 is -1.33. The molecule has 0 saturated heterocycles. The Bertz CT molecular complexity index is 322. The van der Waals surface area contributed by atoms with Crippen molar-refractivity contribution in [2.45, 2.75) is 0 Å². The molecule has 0 aromatic carbocycles. The van der Waals surface area contributed by atoms with E-state index in [2.05, 4.69) is 68.8 Å². The first-order valence-electron chi connectivity index (χ1n) is 5.09. The second-order valence-corrected chi connectivity index (χ2v) is 8.04. The number of carbonyl (C=O) groups excluding carboxylic acids is 6. The summed E-state index contributed by atoms with van der Waals surface area (Å²) in [5, 5.41) is 0. The molecular weight excluding hydrogens is 498 g/mol. The van der Waals surface area contributed by atoms with E-state index in [1.165, 1.54) is 0 Å². The summed E-state index contributed by atoms with van der Waals surface area (Å²) in [4.78, 5) is 54.0. The van der Waals surface area contributed by atoms with Gasteiger partial charge in [0, 0.05) is 0 Å². The number of hydrogen-bond donors (Lipinski definition) is 12. The number of urea groups is 6. The molecule has 0 rings (SSSR count). The second-order valence-electron chi connectivity index (χ2n) is 2.57. The Morgan fingerprint density at radius 2 is 0.357 bits per heavy atom. The van der Waals surface area contributed by atoms with Crippen molar-refractivity contribution in [3.8, 4) is 0 Å². The van der Waals surface area contributed by atoms with Crippen LogP contribution >= 0.6 is 30.3 Å². The van der Waals surface area contributed by atoms with Crippen molar-refractivity contribution < 1.29 is 39.9 Å². The van der Waals surface area contributed by atoms with Gasteiger partial charge in [0.1, 0.15) is 0 Å². The van der Waals surface area contributed by atoms with E-state index < -0.39 is 47.4 Å². The summed E-state index contributed by atoms with van der Waals surface area (Å²) in [5.74, 6) is 0. The molecule has 0 atom stereocenters. The Balaban J connectivity index is -0.0000000367. The molecule has 0 fully saturated rings. The predicted octanol–water partition coefficient (Wildman–Crippen LogP) is -3.79. The van der Waals surface area contributed by atoms with Crippen LogP contribution in [0.3, 0.4) is 0 Å². The molecule has 0 unspecified atom stereocenters. The van der Waals surface area contributed by atoms with Crippen LogP contribution in [0.15, 0.2) is 0 Å². The third-order valence-electron chi connectivity index (χ3n) is 0. The van der Waals surface area contributed by atoms with Crippen LogP contribution < -0.4 is 68.8 Å². The monoisotopic (exact) mass is 521 g/mol. The number of rotatable bonds is 0. The van der Waals surface area contributed by atoms with Crippen LogP contribution in [0.2, 0.25) is 0 Å². The second kappa shape index (κ2) is 39.2. The maximum absolute atomic E-state index is 9.00. The molecule has 28 heavy (non-hydrogen) atoms. The number of amides is 12. The molecule has 22 heteroatoms. The van der Waals surface area contributed by atoms with Crippen molar-refractivity contribution in [3.05, 3.63) is 0 Å². The molecule has 18 nitrogen and oxygen atoms in total. The molecule has 0 radical (unpaired) electrons. The fourth-order valence-corrected chi connectivity index (χ4v) is 0. The first-order chi connectivity index (χ1) is 12.1. The first-order valence-corrected chi connectivity index (χ1v) is 9.65. The van der Waals surface area contributed by atoms with Crippen molar-refractivity contribution in [1.29, 1.82) is 0 Å². The van der Waals surface area contributed by atoms with Gasteiger partial charge in [-0.15, -0.1) is 0 Å². The van der Waals surface area contributed by atoms with Gasteiger partial charge in [0.15, 0.2) is 0 Å². The van der Waals surface area contributed by atoms with Crippen LogP contribution in [-0.2, 0) is 11.2 Å². The standard InChI is InChI=1S/6CH4N2O.3ClH.Fe/c6*2-1(3)4;;;;/h6*(H4,2,3,4);3*1H;/q;;;;;;;;;+3/p-3. The Hall–Kier alpha value is -2.99. The topological polar surface area (TPSA) is 415 Å². The van der Waals surface area contributed by atoms with E-state index in [1.807, 2.05) is 0 Å². The van der Waals surface area contributed by atoms with Crippen molar-refractivity contribution in [2.75, 3.05) is 0 Å². The summed E-state index contributed by atoms with van der Waals surface area (Å²) in [7, 11) is 14.7. The van der Waals surface area contributed by atoms with Gasteiger partial charge in [0.05, 0.1) is 0 Å². The first kappa shape index (κ1) is 44.4. The van der Waals surface area contributed by atoms with Gasteiger partial charge in [0.25, 0.3) is 0 Å². The number of halogens is 3. The van der Waals surface area contributed by atoms with Gasteiger partial charge >= 0.3 is 77.6 Å². The quantitative estimate of drug-likeness (QED) is 0.141. The normalized spacial score (nSPS) is 6.75. The van der Waals surface area contributed by atoms with E-state index >= 15 is 0 Å². The predicted molar refractivity (Wildman–Crippen MR) is 100 cm³/mol. The Morgan fingerprint density at radius 1 is 0.357 bits per heavy atom. The van der Waals surface area contributed by atoms with Gasteiger partial charge in [-0.2, -0.15) is 0 Å². The van der Waals surface area contributed by atoms with Crippen LogP contribution in [0.4, 0.5) is 28.8 Å². The molecule has 0 bridgehead atoms. The Kier molecular flexibility index (Phi) is 62.2.